The van der Waals surface area contributed by atoms with E-state index < -0.39 is 0 Å². The van der Waals surface area contributed by atoms with E-state index in [-0.39, 0.29) is 5.82 Å². The number of hydrogen-bond donors (Lipinski definition) is 0. The summed E-state index contributed by atoms with van der Waals surface area (Å²) in [6.45, 7) is 2.11. The van der Waals surface area contributed by atoms with E-state index in [2.05, 4.69) is 15.3 Å². The van der Waals surface area contributed by atoms with Gasteiger partial charge in [-0.3, -0.25) is 4.68 Å². The first-order chi connectivity index (χ1) is 13.7. The van der Waals surface area contributed by atoms with Crippen LogP contribution in [0, 0.1) is 12.7 Å². The molecule has 0 saturated carbocycles. The van der Waals surface area contributed by atoms with Crippen LogP contribution < -0.4 is 0 Å². The molecule has 138 valence electrons. The third-order valence-electron chi connectivity index (χ3n) is 4.58. The normalized spacial score (nSPS) is 11.4. The second kappa shape index (κ2) is 6.45. The van der Waals surface area contributed by atoms with Crippen LogP contribution in [0.3, 0.4) is 0 Å². The molecule has 0 N–H and O–H groups in total. The molecule has 3 aromatic heterocycles. The van der Waals surface area contributed by atoms with Crippen molar-refractivity contribution in [2.75, 3.05) is 0 Å². The summed E-state index contributed by atoms with van der Waals surface area (Å²) in [6, 6.07) is 12.4. The molecule has 0 aliphatic rings. The Balaban J connectivity index is 1.51. The number of benzene rings is 2. The van der Waals surface area contributed by atoms with Crippen molar-refractivity contribution in [3.8, 4) is 22.6 Å². The number of hydrogen-bond acceptors (Lipinski definition) is 5. The minimum atomic E-state index is -0.243. The number of aromatic nitrogens is 4. The van der Waals surface area contributed by atoms with E-state index in [1.807, 2.05) is 30.5 Å². The molecule has 5 rings (SSSR count). The lowest BCUT2D eigenvalue weighted by molar-refractivity contribution is 0.533. The Morgan fingerprint density at radius 1 is 1.07 bits per heavy atom. The zero-order chi connectivity index (χ0) is 19.1. The monoisotopic (exact) mass is 374 g/mol. The van der Waals surface area contributed by atoms with Gasteiger partial charge in [-0.1, -0.05) is 18.2 Å². The summed E-state index contributed by atoms with van der Waals surface area (Å²) in [5.41, 5.74) is 3.93. The minimum Gasteiger partial charge on any atom is -0.464 e. The SMILES string of the molecule is Cc1nnc(-c2ccc3occ(-c4cnn(Cc5ccccc5F)c4)c3c2)o1. The molecule has 0 amide bonds. The van der Waals surface area contributed by atoms with Gasteiger partial charge in [-0.15, -0.1) is 10.2 Å². The minimum absolute atomic E-state index is 0.243. The highest BCUT2D eigenvalue weighted by Gasteiger charge is 2.14. The Labute approximate surface area is 159 Å². The Morgan fingerprint density at radius 2 is 1.96 bits per heavy atom. The third-order valence-corrected chi connectivity index (χ3v) is 4.58. The maximum absolute atomic E-state index is 13.9. The second-order valence-electron chi connectivity index (χ2n) is 6.50. The van der Waals surface area contributed by atoms with Crippen LogP contribution in [0.25, 0.3) is 33.6 Å². The lowest BCUT2D eigenvalue weighted by Crippen LogP contribution is -2.01. The van der Waals surface area contributed by atoms with E-state index in [0.29, 0.717) is 23.9 Å². The van der Waals surface area contributed by atoms with Gasteiger partial charge >= 0.3 is 0 Å². The predicted molar refractivity (Wildman–Crippen MR) is 101 cm³/mol. The van der Waals surface area contributed by atoms with Gasteiger partial charge in [0.25, 0.3) is 0 Å². The molecule has 0 radical (unpaired) electrons. The van der Waals surface area contributed by atoms with Crippen molar-refractivity contribution in [3.63, 3.8) is 0 Å². The maximum atomic E-state index is 13.9. The third kappa shape index (κ3) is 2.87. The first-order valence-electron chi connectivity index (χ1n) is 8.75. The first-order valence-corrected chi connectivity index (χ1v) is 8.75. The Hall–Kier alpha value is -3.74. The van der Waals surface area contributed by atoms with Crippen LogP contribution in [0.2, 0.25) is 0 Å². The van der Waals surface area contributed by atoms with Crippen molar-refractivity contribution in [3.05, 3.63) is 78.4 Å². The van der Waals surface area contributed by atoms with Crippen LogP contribution in [-0.2, 0) is 6.54 Å². The molecule has 0 aliphatic heterocycles. The summed E-state index contributed by atoms with van der Waals surface area (Å²) in [5.74, 6) is 0.728. The van der Waals surface area contributed by atoms with Crippen LogP contribution in [0.5, 0.6) is 0 Å². The number of aryl methyl sites for hydroxylation is 1. The van der Waals surface area contributed by atoms with Crippen molar-refractivity contribution >= 4 is 11.0 Å². The molecule has 6 nitrogen and oxygen atoms in total. The fourth-order valence-corrected chi connectivity index (χ4v) is 3.19. The van der Waals surface area contributed by atoms with E-state index >= 15 is 0 Å². The second-order valence-corrected chi connectivity index (χ2v) is 6.50. The van der Waals surface area contributed by atoms with Crippen molar-refractivity contribution in [2.24, 2.45) is 0 Å². The van der Waals surface area contributed by atoms with E-state index in [1.165, 1.54) is 6.07 Å². The van der Waals surface area contributed by atoms with Gasteiger partial charge < -0.3 is 8.83 Å². The standard InChI is InChI=1S/C21H15FN4O2/c1-13-24-25-21(28-13)14-6-7-20-17(8-14)18(12-27-20)16-9-23-26(11-16)10-15-4-2-3-5-19(15)22/h2-9,11-12H,10H2,1H3. The lowest BCUT2D eigenvalue weighted by atomic mass is 10.1. The number of fused-ring (bicyclic) bond motifs is 1. The molecule has 0 bridgehead atoms. The smallest absolute Gasteiger partial charge is 0.247 e. The Morgan fingerprint density at radius 3 is 2.79 bits per heavy atom. The van der Waals surface area contributed by atoms with Crippen molar-refractivity contribution in [1.29, 1.82) is 0 Å². The van der Waals surface area contributed by atoms with Crippen LogP contribution in [0.15, 0.2) is 70.0 Å². The van der Waals surface area contributed by atoms with Gasteiger partial charge in [0.05, 0.1) is 19.0 Å². The van der Waals surface area contributed by atoms with Crippen LogP contribution in [0.4, 0.5) is 4.39 Å². The highest BCUT2D eigenvalue weighted by molar-refractivity contribution is 5.95. The quantitative estimate of drug-likeness (QED) is 0.450. The lowest BCUT2D eigenvalue weighted by Gasteiger charge is -2.02. The molecule has 0 aliphatic carbocycles. The molecule has 7 heteroatoms. The van der Waals surface area contributed by atoms with E-state index in [1.54, 1.807) is 36.2 Å². The summed E-state index contributed by atoms with van der Waals surface area (Å²) < 4.78 is 26.8. The first kappa shape index (κ1) is 16.4. The zero-order valence-corrected chi connectivity index (χ0v) is 15.0. The number of halogens is 1. The van der Waals surface area contributed by atoms with Crippen molar-refractivity contribution in [2.45, 2.75) is 13.5 Å². The van der Waals surface area contributed by atoms with Crippen molar-refractivity contribution < 1.29 is 13.2 Å². The zero-order valence-electron chi connectivity index (χ0n) is 15.0. The predicted octanol–water partition coefficient (Wildman–Crippen LogP) is 4.84. The van der Waals surface area contributed by atoms with Gasteiger partial charge in [-0.05, 0) is 24.3 Å². The topological polar surface area (TPSA) is 69.9 Å². The molecule has 0 unspecified atom stereocenters. The van der Waals surface area contributed by atoms with Crippen LogP contribution in [0.1, 0.15) is 11.5 Å². The van der Waals surface area contributed by atoms with Gasteiger partial charge in [-0.2, -0.15) is 5.10 Å². The van der Waals surface area contributed by atoms with Gasteiger partial charge in [0.15, 0.2) is 0 Å². The molecule has 0 fully saturated rings. The largest absolute Gasteiger partial charge is 0.464 e. The average Bonchev–Trinajstić information content (AvgIpc) is 3.42. The highest BCUT2D eigenvalue weighted by Crippen LogP contribution is 2.33. The number of rotatable bonds is 4. The van der Waals surface area contributed by atoms with E-state index in [9.17, 15) is 4.39 Å². The summed E-state index contributed by atoms with van der Waals surface area (Å²) in [7, 11) is 0. The van der Waals surface area contributed by atoms with E-state index in [4.69, 9.17) is 8.83 Å². The van der Waals surface area contributed by atoms with Gasteiger partial charge in [0, 0.05) is 40.8 Å². The van der Waals surface area contributed by atoms with E-state index in [0.717, 1.165) is 27.7 Å². The Bertz CT molecular complexity index is 1280. The summed E-state index contributed by atoms with van der Waals surface area (Å²) in [5, 5.41) is 13.2. The maximum Gasteiger partial charge on any atom is 0.247 e. The fraction of sp³-hybridized carbons (Fsp3) is 0.0952. The average molecular weight is 374 g/mol. The highest BCUT2D eigenvalue weighted by atomic mass is 19.1. The summed E-state index contributed by atoms with van der Waals surface area (Å²) >= 11 is 0. The van der Waals surface area contributed by atoms with Crippen LogP contribution >= 0.6 is 0 Å². The molecule has 0 spiro atoms. The van der Waals surface area contributed by atoms with Crippen molar-refractivity contribution in [1.82, 2.24) is 20.0 Å². The number of nitrogens with zero attached hydrogens (tertiary/aromatic N) is 4. The Kier molecular flexibility index (Phi) is 3.79. The molecule has 28 heavy (non-hydrogen) atoms. The fourth-order valence-electron chi connectivity index (χ4n) is 3.19. The molecule has 5 aromatic rings. The molecule has 2 aromatic carbocycles. The number of furan rings is 1. The molecule has 0 saturated heterocycles. The van der Waals surface area contributed by atoms with Gasteiger partial charge in [0.2, 0.25) is 11.8 Å². The summed E-state index contributed by atoms with van der Waals surface area (Å²) in [6.07, 6.45) is 5.31. The molecule has 3 heterocycles. The molecular formula is C21H15FN4O2. The van der Waals surface area contributed by atoms with Crippen LogP contribution in [-0.4, -0.2) is 20.0 Å². The summed E-state index contributed by atoms with van der Waals surface area (Å²) in [4.78, 5) is 0. The van der Waals surface area contributed by atoms with Gasteiger partial charge in [-0.25, -0.2) is 4.39 Å². The molecule has 0 atom stereocenters. The van der Waals surface area contributed by atoms with Gasteiger partial charge in [0.1, 0.15) is 11.4 Å². The molecular weight excluding hydrogens is 359 g/mol.